The highest BCUT2D eigenvalue weighted by Gasteiger charge is 2.45. The maximum Gasteiger partial charge on any atom is 0.234 e. The fourth-order valence-electron chi connectivity index (χ4n) is 6.28. The molecule has 0 aliphatic carbocycles. The highest BCUT2D eigenvalue weighted by Crippen LogP contribution is 2.61. The Labute approximate surface area is 254 Å². The van der Waals surface area contributed by atoms with Gasteiger partial charge in [-0.25, -0.2) is 0 Å². The molecule has 0 bridgehead atoms. The summed E-state index contributed by atoms with van der Waals surface area (Å²) < 4.78 is 29.6. The SMILES string of the molecule is COc1ccc(C2=C(c3ccc(OC)cc3)N(c3ccccc3)P(=O)(c3cc(C)cc(C)c3)c3cc(C)cc(C)c32)cc1. The average molecular weight is 586 g/mol. The van der Waals surface area contributed by atoms with Crippen LogP contribution < -0.4 is 24.8 Å². The van der Waals surface area contributed by atoms with E-state index in [1.54, 1.807) is 14.2 Å². The Hall–Kier alpha value is -4.53. The van der Waals surface area contributed by atoms with E-state index in [-0.39, 0.29) is 0 Å². The zero-order valence-corrected chi connectivity index (χ0v) is 26.4. The minimum Gasteiger partial charge on any atom is -0.497 e. The van der Waals surface area contributed by atoms with E-state index in [0.717, 1.165) is 78.0 Å². The van der Waals surface area contributed by atoms with Crippen molar-refractivity contribution in [2.75, 3.05) is 18.9 Å². The molecule has 1 atom stereocenters. The van der Waals surface area contributed by atoms with Crippen LogP contribution in [0.3, 0.4) is 0 Å². The second kappa shape index (κ2) is 11.3. The van der Waals surface area contributed by atoms with Gasteiger partial charge in [-0.05, 0) is 111 Å². The van der Waals surface area contributed by atoms with Crippen LogP contribution in [0.1, 0.15) is 38.9 Å². The average Bonchev–Trinajstić information content (AvgIpc) is 3.01. The summed E-state index contributed by atoms with van der Waals surface area (Å²) in [6, 6.07) is 37.0. The molecule has 0 aromatic heterocycles. The summed E-state index contributed by atoms with van der Waals surface area (Å²) in [4.78, 5) is 0. The van der Waals surface area contributed by atoms with E-state index in [9.17, 15) is 0 Å². The zero-order valence-electron chi connectivity index (χ0n) is 25.5. The lowest BCUT2D eigenvalue weighted by molar-refractivity contribution is 0.414. The highest BCUT2D eigenvalue weighted by atomic mass is 31.2. The van der Waals surface area contributed by atoms with Gasteiger partial charge >= 0.3 is 0 Å². The van der Waals surface area contributed by atoms with Crippen LogP contribution in [-0.2, 0) is 4.57 Å². The summed E-state index contributed by atoms with van der Waals surface area (Å²) in [7, 11) is -0.141. The fourth-order valence-corrected chi connectivity index (χ4v) is 9.69. The number of fused-ring (bicyclic) bond motifs is 1. The van der Waals surface area contributed by atoms with Gasteiger partial charge in [0.1, 0.15) is 11.5 Å². The Balaban J connectivity index is 1.83. The largest absolute Gasteiger partial charge is 0.497 e. The summed E-state index contributed by atoms with van der Waals surface area (Å²) >= 11 is 0. The number of aryl methyl sites for hydroxylation is 4. The Morgan fingerprint density at radius 1 is 0.605 bits per heavy atom. The predicted octanol–water partition coefficient (Wildman–Crippen LogP) is 8.60. The van der Waals surface area contributed by atoms with E-state index < -0.39 is 7.29 Å². The zero-order chi connectivity index (χ0) is 30.3. The lowest BCUT2D eigenvalue weighted by atomic mass is 9.89. The predicted molar refractivity (Wildman–Crippen MR) is 180 cm³/mol. The summed E-state index contributed by atoms with van der Waals surface area (Å²) in [5, 5.41) is 1.67. The van der Waals surface area contributed by atoms with Crippen molar-refractivity contribution in [2.24, 2.45) is 0 Å². The maximum absolute atomic E-state index is 16.4. The van der Waals surface area contributed by atoms with E-state index >= 15 is 4.57 Å². The van der Waals surface area contributed by atoms with E-state index in [0.29, 0.717) is 0 Å². The van der Waals surface area contributed by atoms with Crippen molar-refractivity contribution in [1.29, 1.82) is 0 Å². The quantitative estimate of drug-likeness (QED) is 0.187. The minimum atomic E-state index is -3.49. The number of anilines is 1. The first-order valence-corrected chi connectivity index (χ1v) is 16.1. The van der Waals surface area contributed by atoms with Crippen LogP contribution in [0.2, 0.25) is 0 Å². The number of rotatable bonds is 6. The van der Waals surface area contributed by atoms with Gasteiger partial charge in [0.15, 0.2) is 0 Å². The second-order valence-electron chi connectivity index (χ2n) is 11.2. The molecule has 1 aliphatic rings. The van der Waals surface area contributed by atoms with E-state index in [2.05, 4.69) is 99.1 Å². The lowest BCUT2D eigenvalue weighted by Crippen LogP contribution is -2.38. The maximum atomic E-state index is 16.4. The number of methoxy groups -OCH3 is 2. The molecule has 4 nitrogen and oxygen atoms in total. The molecule has 0 saturated heterocycles. The Kier molecular flexibility index (Phi) is 7.50. The molecule has 0 saturated carbocycles. The van der Waals surface area contributed by atoms with Crippen molar-refractivity contribution in [3.8, 4) is 11.5 Å². The van der Waals surface area contributed by atoms with Crippen molar-refractivity contribution < 1.29 is 14.0 Å². The molecule has 0 N–H and O–H groups in total. The van der Waals surface area contributed by atoms with Crippen LogP contribution in [0.25, 0.3) is 11.3 Å². The third-order valence-corrected chi connectivity index (χ3v) is 11.0. The van der Waals surface area contributed by atoms with E-state index in [4.69, 9.17) is 9.47 Å². The van der Waals surface area contributed by atoms with Crippen molar-refractivity contribution in [2.45, 2.75) is 27.7 Å². The second-order valence-corrected chi connectivity index (χ2v) is 13.8. The van der Waals surface area contributed by atoms with E-state index in [1.807, 2.05) is 42.5 Å². The van der Waals surface area contributed by atoms with Crippen LogP contribution >= 0.6 is 7.29 Å². The molecule has 5 heteroatoms. The summed E-state index contributed by atoms with van der Waals surface area (Å²) in [6.07, 6.45) is 0. The number of benzene rings is 5. The number of ether oxygens (including phenoxy) is 2. The molecule has 0 fully saturated rings. The third-order valence-electron chi connectivity index (χ3n) is 8.07. The molecular formula is C38H36NO3P. The molecule has 0 spiro atoms. The van der Waals surface area contributed by atoms with Gasteiger partial charge in [-0.3, -0.25) is 9.24 Å². The topological polar surface area (TPSA) is 38.8 Å². The molecule has 216 valence electrons. The van der Waals surface area contributed by atoms with Crippen LogP contribution in [-0.4, -0.2) is 14.2 Å². The van der Waals surface area contributed by atoms with Gasteiger partial charge in [-0.2, -0.15) is 0 Å². The molecular weight excluding hydrogens is 549 g/mol. The van der Waals surface area contributed by atoms with E-state index in [1.165, 1.54) is 0 Å². The smallest absolute Gasteiger partial charge is 0.234 e. The normalized spacial score (nSPS) is 16.2. The molecule has 5 aromatic carbocycles. The molecule has 1 unspecified atom stereocenters. The molecule has 5 aromatic rings. The monoisotopic (exact) mass is 585 g/mol. The van der Waals surface area contributed by atoms with Crippen LogP contribution in [0.5, 0.6) is 11.5 Å². The van der Waals surface area contributed by atoms with Gasteiger partial charge < -0.3 is 9.47 Å². The highest BCUT2D eigenvalue weighted by molar-refractivity contribution is 7.80. The number of para-hydroxylation sites is 1. The number of hydrogen-bond acceptors (Lipinski definition) is 3. The fraction of sp³-hybridized carbons (Fsp3) is 0.158. The Bertz CT molecular complexity index is 1870. The summed E-state index contributed by atoms with van der Waals surface area (Å²) in [5.74, 6) is 1.55. The number of nitrogens with zero attached hydrogens (tertiary/aromatic N) is 1. The first-order valence-electron chi connectivity index (χ1n) is 14.4. The number of hydrogen-bond donors (Lipinski definition) is 0. The summed E-state index contributed by atoms with van der Waals surface area (Å²) in [5.41, 5.74) is 10.1. The molecule has 1 heterocycles. The standard InChI is InChI=1S/C38H36NO3P/c1-25-20-26(2)23-34(22-25)43(40)35-24-27(3)21-28(4)36(35)37(29-12-16-32(41-5)17-13-29)38(30-14-18-33(42-6)19-15-30)39(43)31-10-8-7-9-11-31/h7-24H,1-6H3. The Morgan fingerprint density at radius 3 is 1.70 bits per heavy atom. The molecule has 0 amide bonds. The lowest BCUT2D eigenvalue weighted by Gasteiger charge is -2.43. The van der Waals surface area contributed by atoms with Gasteiger partial charge in [-0.1, -0.05) is 59.2 Å². The van der Waals surface area contributed by atoms with Gasteiger partial charge in [0.05, 0.1) is 19.9 Å². The Morgan fingerprint density at radius 2 is 1.14 bits per heavy atom. The summed E-state index contributed by atoms with van der Waals surface area (Å²) in [6.45, 7) is 8.36. The van der Waals surface area contributed by atoms with Gasteiger partial charge in [0.2, 0.25) is 7.29 Å². The van der Waals surface area contributed by atoms with Gasteiger partial charge in [0.25, 0.3) is 0 Å². The minimum absolute atomic E-state index is 0.766. The van der Waals surface area contributed by atoms with Gasteiger partial charge in [-0.15, -0.1) is 0 Å². The van der Waals surface area contributed by atoms with Gasteiger partial charge in [0, 0.05) is 27.4 Å². The van der Waals surface area contributed by atoms with Crippen molar-refractivity contribution >= 4 is 34.9 Å². The first-order chi connectivity index (χ1) is 20.7. The van der Waals surface area contributed by atoms with Crippen LogP contribution in [0.15, 0.2) is 109 Å². The molecule has 1 aliphatic heterocycles. The van der Waals surface area contributed by atoms with Crippen LogP contribution in [0, 0.1) is 27.7 Å². The van der Waals surface area contributed by atoms with Crippen molar-refractivity contribution in [3.05, 3.63) is 148 Å². The molecule has 6 rings (SSSR count). The van der Waals surface area contributed by atoms with Crippen molar-refractivity contribution in [3.63, 3.8) is 0 Å². The molecule has 0 radical (unpaired) electrons. The third kappa shape index (κ3) is 4.96. The van der Waals surface area contributed by atoms with Crippen LogP contribution in [0.4, 0.5) is 5.69 Å². The van der Waals surface area contributed by atoms with Crippen molar-refractivity contribution in [1.82, 2.24) is 0 Å². The first kappa shape index (κ1) is 28.6. The molecule has 43 heavy (non-hydrogen) atoms.